The van der Waals surface area contributed by atoms with Gasteiger partial charge >= 0.3 is 0 Å². The minimum atomic E-state index is -0.479. The van der Waals surface area contributed by atoms with Crippen molar-refractivity contribution in [2.75, 3.05) is 26.2 Å². The summed E-state index contributed by atoms with van der Waals surface area (Å²) in [5.74, 6) is 0.0930. The summed E-state index contributed by atoms with van der Waals surface area (Å²) in [5, 5.41) is 3.32. The number of nitrogens with two attached hydrogens (primary N) is 1. The molecule has 23 heavy (non-hydrogen) atoms. The first-order valence-electron chi connectivity index (χ1n) is 8.14. The number of carbonyl (C=O) groups excluding carboxylic acids is 2. The van der Waals surface area contributed by atoms with E-state index >= 15 is 0 Å². The molecule has 6 heteroatoms. The number of hydrogen-bond acceptors (Lipinski definition) is 4. The number of nitrogens with zero attached hydrogens (tertiary/aromatic N) is 1. The van der Waals surface area contributed by atoms with Crippen molar-refractivity contribution in [3.8, 4) is 5.75 Å². The van der Waals surface area contributed by atoms with Crippen LogP contribution in [0.1, 0.15) is 36.5 Å². The predicted octanol–water partition coefficient (Wildman–Crippen LogP) is 1.15. The molecule has 0 bridgehead atoms. The van der Waals surface area contributed by atoms with Gasteiger partial charge in [0.05, 0.1) is 0 Å². The maximum atomic E-state index is 12.5. The maximum Gasteiger partial charge on any atom is 0.260 e. The number of amides is 2. The highest BCUT2D eigenvalue weighted by molar-refractivity contribution is 5.92. The molecule has 0 aromatic heterocycles. The molecule has 6 nitrogen and oxygen atoms in total. The van der Waals surface area contributed by atoms with Gasteiger partial charge in [0.15, 0.2) is 6.61 Å². The summed E-state index contributed by atoms with van der Waals surface area (Å²) in [5.41, 5.74) is 5.62. The van der Waals surface area contributed by atoms with Gasteiger partial charge in [-0.25, -0.2) is 0 Å². The normalized spacial score (nSPS) is 15.2. The van der Waals surface area contributed by atoms with Gasteiger partial charge in [-0.05, 0) is 56.6 Å². The molecule has 1 aliphatic heterocycles. The third-order valence-electron chi connectivity index (χ3n) is 4.04. The van der Waals surface area contributed by atoms with Gasteiger partial charge in [-0.15, -0.1) is 0 Å². The largest absolute Gasteiger partial charge is 0.484 e. The highest BCUT2D eigenvalue weighted by atomic mass is 16.5. The quantitative estimate of drug-likeness (QED) is 0.790. The van der Waals surface area contributed by atoms with Crippen molar-refractivity contribution >= 4 is 11.8 Å². The van der Waals surface area contributed by atoms with Gasteiger partial charge in [-0.2, -0.15) is 0 Å². The Balaban J connectivity index is 1.91. The SMILES string of the molecule is CCCN(C(=O)COc1ccc(C(N)=O)cc1)C1CCNCC1. The van der Waals surface area contributed by atoms with E-state index in [2.05, 4.69) is 12.2 Å². The van der Waals surface area contributed by atoms with E-state index in [1.54, 1.807) is 24.3 Å². The number of benzene rings is 1. The Hall–Kier alpha value is -2.08. The molecule has 2 rings (SSSR count). The van der Waals surface area contributed by atoms with E-state index in [1.165, 1.54) is 0 Å². The van der Waals surface area contributed by atoms with Crippen LogP contribution in [-0.4, -0.2) is 49.0 Å². The Morgan fingerprint density at radius 1 is 1.26 bits per heavy atom. The molecule has 0 atom stereocenters. The molecule has 3 N–H and O–H groups in total. The second-order valence-corrected chi connectivity index (χ2v) is 5.75. The zero-order chi connectivity index (χ0) is 16.7. The molecule has 1 aliphatic rings. The van der Waals surface area contributed by atoms with Crippen molar-refractivity contribution in [2.24, 2.45) is 5.73 Å². The van der Waals surface area contributed by atoms with E-state index < -0.39 is 5.91 Å². The number of piperidine rings is 1. The van der Waals surface area contributed by atoms with E-state index in [1.807, 2.05) is 4.90 Å². The average molecular weight is 319 g/mol. The van der Waals surface area contributed by atoms with Crippen LogP contribution < -0.4 is 15.8 Å². The second-order valence-electron chi connectivity index (χ2n) is 5.75. The van der Waals surface area contributed by atoms with Crippen LogP contribution in [0.4, 0.5) is 0 Å². The topological polar surface area (TPSA) is 84.7 Å². The van der Waals surface area contributed by atoms with Crippen LogP contribution in [0.15, 0.2) is 24.3 Å². The fraction of sp³-hybridized carbons (Fsp3) is 0.529. The fourth-order valence-corrected chi connectivity index (χ4v) is 2.81. The molecule has 1 fully saturated rings. The van der Waals surface area contributed by atoms with Crippen molar-refractivity contribution in [1.82, 2.24) is 10.2 Å². The lowest BCUT2D eigenvalue weighted by molar-refractivity contribution is -0.136. The van der Waals surface area contributed by atoms with Gasteiger partial charge in [-0.3, -0.25) is 9.59 Å². The van der Waals surface area contributed by atoms with Crippen LogP contribution in [0.25, 0.3) is 0 Å². The molecule has 1 aromatic rings. The summed E-state index contributed by atoms with van der Waals surface area (Å²) < 4.78 is 5.56. The summed E-state index contributed by atoms with van der Waals surface area (Å²) in [7, 11) is 0. The summed E-state index contributed by atoms with van der Waals surface area (Å²) in [6.07, 6.45) is 2.90. The van der Waals surface area contributed by atoms with Gasteiger partial charge < -0.3 is 20.7 Å². The second kappa shape index (κ2) is 8.53. The number of nitrogens with one attached hydrogen (secondary N) is 1. The van der Waals surface area contributed by atoms with Crippen molar-refractivity contribution in [3.63, 3.8) is 0 Å². The van der Waals surface area contributed by atoms with Crippen LogP contribution >= 0.6 is 0 Å². The molecule has 0 unspecified atom stereocenters. The summed E-state index contributed by atoms with van der Waals surface area (Å²) in [4.78, 5) is 25.5. The fourth-order valence-electron chi connectivity index (χ4n) is 2.81. The molecular formula is C17H25N3O3. The predicted molar refractivity (Wildman–Crippen MR) is 88.4 cm³/mol. The lowest BCUT2D eigenvalue weighted by Gasteiger charge is -2.34. The Bertz CT molecular complexity index is 524. The number of ether oxygens (including phenoxy) is 1. The lowest BCUT2D eigenvalue weighted by Crippen LogP contribution is -2.48. The molecule has 1 saturated heterocycles. The third-order valence-corrected chi connectivity index (χ3v) is 4.04. The minimum absolute atomic E-state index is 0.0118. The van der Waals surface area contributed by atoms with E-state index in [0.717, 1.165) is 38.9 Å². The van der Waals surface area contributed by atoms with Crippen LogP contribution in [-0.2, 0) is 4.79 Å². The van der Waals surface area contributed by atoms with E-state index in [0.29, 0.717) is 17.4 Å². The highest BCUT2D eigenvalue weighted by Crippen LogP contribution is 2.15. The van der Waals surface area contributed by atoms with Crippen molar-refractivity contribution in [2.45, 2.75) is 32.2 Å². The first-order chi connectivity index (χ1) is 11.1. The zero-order valence-electron chi connectivity index (χ0n) is 13.6. The molecule has 2 amide bonds. The number of primary amides is 1. The molecule has 0 saturated carbocycles. The summed E-state index contributed by atoms with van der Waals surface area (Å²) in [6.45, 7) is 4.75. The first-order valence-corrected chi connectivity index (χ1v) is 8.14. The molecule has 1 aromatic carbocycles. The first kappa shape index (κ1) is 17.3. The Morgan fingerprint density at radius 3 is 2.48 bits per heavy atom. The summed E-state index contributed by atoms with van der Waals surface area (Å²) in [6, 6.07) is 6.80. The summed E-state index contributed by atoms with van der Waals surface area (Å²) >= 11 is 0. The Morgan fingerprint density at radius 2 is 1.91 bits per heavy atom. The van der Waals surface area contributed by atoms with Crippen molar-refractivity contribution in [1.29, 1.82) is 0 Å². The zero-order valence-corrected chi connectivity index (χ0v) is 13.6. The molecule has 1 heterocycles. The van der Waals surface area contributed by atoms with Crippen LogP contribution in [0.2, 0.25) is 0 Å². The monoisotopic (exact) mass is 319 g/mol. The molecule has 0 radical (unpaired) electrons. The molecular weight excluding hydrogens is 294 g/mol. The minimum Gasteiger partial charge on any atom is -0.484 e. The van der Waals surface area contributed by atoms with E-state index in [9.17, 15) is 9.59 Å². The Labute approximate surface area is 137 Å². The maximum absolute atomic E-state index is 12.5. The smallest absolute Gasteiger partial charge is 0.260 e. The molecule has 126 valence electrons. The van der Waals surface area contributed by atoms with Crippen molar-refractivity contribution in [3.05, 3.63) is 29.8 Å². The number of hydrogen-bond donors (Lipinski definition) is 2. The molecule has 0 spiro atoms. The van der Waals surface area contributed by atoms with Gasteiger partial charge in [0.25, 0.3) is 5.91 Å². The van der Waals surface area contributed by atoms with Gasteiger partial charge in [0.2, 0.25) is 5.91 Å². The highest BCUT2D eigenvalue weighted by Gasteiger charge is 2.24. The Kier molecular flexibility index (Phi) is 6.40. The third kappa shape index (κ3) is 4.96. The van der Waals surface area contributed by atoms with Crippen LogP contribution in [0, 0.1) is 0 Å². The molecule has 0 aliphatic carbocycles. The van der Waals surface area contributed by atoms with Crippen LogP contribution in [0.5, 0.6) is 5.75 Å². The van der Waals surface area contributed by atoms with Crippen LogP contribution in [0.3, 0.4) is 0 Å². The average Bonchev–Trinajstić information content (AvgIpc) is 2.58. The van der Waals surface area contributed by atoms with Gasteiger partial charge in [0, 0.05) is 18.2 Å². The number of carbonyl (C=O) groups is 2. The van der Waals surface area contributed by atoms with E-state index in [4.69, 9.17) is 10.5 Å². The standard InChI is InChI=1S/C17H25N3O3/c1-2-11-20(14-7-9-19-10-8-14)16(21)12-23-15-5-3-13(4-6-15)17(18)22/h3-6,14,19H,2,7-12H2,1H3,(H2,18,22). The van der Waals surface area contributed by atoms with Gasteiger partial charge in [0.1, 0.15) is 5.75 Å². The van der Waals surface area contributed by atoms with E-state index in [-0.39, 0.29) is 12.5 Å². The lowest BCUT2D eigenvalue weighted by atomic mass is 10.0. The van der Waals surface area contributed by atoms with Gasteiger partial charge in [-0.1, -0.05) is 6.92 Å². The van der Waals surface area contributed by atoms with Crippen molar-refractivity contribution < 1.29 is 14.3 Å². The number of rotatable bonds is 7.